The lowest BCUT2D eigenvalue weighted by Gasteiger charge is -2.36. The van der Waals surface area contributed by atoms with Crippen LogP contribution in [0.1, 0.15) is 86.5 Å². The van der Waals surface area contributed by atoms with Crippen LogP contribution >= 0.6 is 11.8 Å². The van der Waals surface area contributed by atoms with Gasteiger partial charge in [0.25, 0.3) is 0 Å². The molecule has 1 aliphatic heterocycles. The third-order valence-electron chi connectivity index (χ3n) is 8.82. The van der Waals surface area contributed by atoms with E-state index in [2.05, 4.69) is 28.8 Å². The van der Waals surface area contributed by atoms with Crippen molar-refractivity contribution >= 4 is 35.2 Å². The van der Waals surface area contributed by atoms with Gasteiger partial charge < -0.3 is 25.2 Å². The number of aliphatic hydroxyl groups is 1. The first kappa shape index (κ1) is 38.7. The minimum absolute atomic E-state index is 0.0117. The number of rotatable bonds is 17. The first-order valence-electron chi connectivity index (χ1n) is 17.7. The highest BCUT2D eigenvalue weighted by Crippen LogP contribution is 2.40. The van der Waals surface area contributed by atoms with Gasteiger partial charge in [-0.1, -0.05) is 73.5 Å². The molecule has 0 spiro atoms. The second-order valence-electron chi connectivity index (χ2n) is 12.9. The SMILES string of the molecule is CC(=O)Nc1ccc(SCC2CC(c3ccc(CO)cc3)OC(c3cccc(-c4cccc(CNC(=O)CCCCCCC(=O)NO)c4)c3)O2)cc1. The molecule has 3 amide bonds. The number of hydrogen-bond donors (Lipinski definition) is 5. The number of hydroxylamine groups is 1. The van der Waals surface area contributed by atoms with Crippen LogP contribution in [-0.2, 0) is 37.0 Å². The molecule has 3 unspecified atom stereocenters. The van der Waals surface area contributed by atoms with Crippen molar-refractivity contribution in [2.75, 3.05) is 11.1 Å². The molecule has 3 atom stereocenters. The maximum absolute atomic E-state index is 12.5. The Morgan fingerprint density at radius 1 is 0.769 bits per heavy atom. The molecular formula is C41H47N3O7S. The van der Waals surface area contributed by atoms with Gasteiger partial charge in [0.15, 0.2) is 6.29 Å². The van der Waals surface area contributed by atoms with E-state index >= 15 is 0 Å². The van der Waals surface area contributed by atoms with Crippen LogP contribution in [-0.4, -0.2) is 39.9 Å². The van der Waals surface area contributed by atoms with Gasteiger partial charge in [0.05, 0.1) is 18.8 Å². The van der Waals surface area contributed by atoms with Crippen LogP contribution < -0.4 is 16.1 Å². The van der Waals surface area contributed by atoms with E-state index in [0.717, 1.165) is 63.2 Å². The summed E-state index contributed by atoms with van der Waals surface area (Å²) >= 11 is 1.69. The molecule has 274 valence electrons. The number of unbranched alkanes of at least 4 members (excludes halogenated alkanes) is 3. The van der Waals surface area contributed by atoms with Crippen LogP contribution in [0.2, 0.25) is 0 Å². The fraction of sp³-hybridized carbons (Fsp3) is 0.341. The van der Waals surface area contributed by atoms with Crippen LogP contribution in [0.25, 0.3) is 11.1 Å². The number of nitrogens with one attached hydrogen (secondary N) is 3. The molecule has 4 aromatic carbocycles. The van der Waals surface area contributed by atoms with Gasteiger partial charge in [0, 0.05) is 54.6 Å². The summed E-state index contributed by atoms with van der Waals surface area (Å²) in [6.07, 6.45) is 3.55. The molecule has 0 bridgehead atoms. The Bertz CT molecular complexity index is 1770. The van der Waals surface area contributed by atoms with Crippen LogP contribution in [0.4, 0.5) is 5.69 Å². The Balaban J connectivity index is 1.22. The van der Waals surface area contributed by atoms with Crippen molar-refractivity contribution in [2.45, 2.75) is 88.4 Å². The first-order chi connectivity index (χ1) is 25.3. The van der Waals surface area contributed by atoms with E-state index in [4.69, 9.17) is 14.7 Å². The van der Waals surface area contributed by atoms with E-state index in [9.17, 15) is 19.5 Å². The van der Waals surface area contributed by atoms with Gasteiger partial charge in [-0.15, -0.1) is 11.8 Å². The van der Waals surface area contributed by atoms with Gasteiger partial charge in [-0.05, 0) is 77.1 Å². The summed E-state index contributed by atoms with van der Waals surface area (Å²) < 4.78 is 13.2. The average molecular weight is 726 g/mol. The lowest BCUT2D eigenvalue weighted by molar-refractivity contribution is -0.245. The third kappa shape index (κ3) is 12.0. The summed E-state index contributed by atoms with van der Waals surface area (Å²) in [6.45, 7) is 1.89. The molecule has 1 heterocycles. The molecule has 0 aliphatic carbocycles. The Labute approximate surface area is 309 Å². The number of aliphatic hydroxyl groups excluding tert-OH is 1. The minimum Gasteiger partial charge on any atom is -0.392 e. The van der Waals surface area contributed by atoms with Crippen molar-refractivity contribution < 1.29 is 34.2 Å². The van der Waals surface area contributed by atoms with Gasteiger partial charge in [-0.3, -0.25) is 19.6 Å². The molecule has 11 heteroatoms. The fourth-order valence-electron chi connectivity index (χ4n) is 6.04. The van der Waals surface area contributed by atoms with Gasteiger partial charge in [-0.2, -0.15) is 0 Å². The molecule has 10 nitrogen and oxygen atoms in total. The Kier molecular flexibility index (Phi) is 14.8. The first-order valence-corrected chi connectivity index (χ1v) is 18.7. The normalized spacial score (nSPS) is 16.9. The van der Waals surface area contributed by atoms with E-state index in [0.29, 0.717) is 31.6 Å². The number of benzene rings is 4. The van der Waals surface area contributed by atoms with E-state index in [1.807, 2.05) is 78.9 Å². The van der Waals surface area contributed by atoms with Gasteiger partial charge >= 0.3 is 0 Å². The largest absolute Gasteiger partial charge is 0.392 e. The predicted octanol–water partition coefficient (Wildman–Crippen LogP) is 7.60. The van der Waals surface area contributed by atoms with Crippen molar-refractivity contribution in [1.29, 1.82) is 0 Å². The molecule has 1 saturated heterocycles. The van der Waals surface area contributed by atoms with Gasteiger partial charge in [0.2, 0.25) is 17.7 Å². The van der Waals surface area contributed by atoms with Crippen molar-refractivity contribution in [3.8, 4) is 11.1 Å². The molecule has 5 N–H and O–H groups in total. The minimum atomic E-state index is -0.599. The van der Waals surface area contributed by atoms with Crippen LogP contribution in [0, 0.1) is 0 Å². The summed E-state index contributed by atoms with van der Waals surface area (Å²) in [5, 5.41) is 24.0. The zero-order chi connectivity index (χ0) is 36.7. The maximum Gasteiger partial charge on any atom is 0.243 e. The summed E-state index contributed by atoms with van der Waals surface area (Å²) in [5.74, 6) is 0.204. The van der Waals surface area contributed by atoms with Crippen molar-refractivity contribution in [3.63, 3.8) is 0 Å². The van der Waals surface area contributed by atoms with Crippen molar-refractivity contribution in [1.82, 2.24) is 10.8 Å². The zero-order valence-corrected chi connectivity index (χ0v) is 30.2. The standard InChI is InChI=1S/C41H47N3O7S/c1-28(46)43-35-18-20-37(21-19-35)52-27-36-24-38(31-16-14-29(26-45)15-17-31)51-41(50-36)34-11-7-10-33(23-34)32-9-6-8-30(22-32)25-42-39(47)12-4-2-3-5-13-40(48)44-49/h6-11,14-23,36,38,41,45,49H,2-5,12-13,24-27H2,1H3,(H,42,47)(H,43,46)(H,44,48). The summed E-state index contributed by atoms with van der Waals surface area (Å²) in [4.78, 5) is 36.1. The monoisotopic (exact) mass is 725 g/mol. The quantitative estimate of drug-likeness (QED) is 0.0324. The highest BCUT2D eigenvalue weighted by atomic mass is 32.2. The topological polar surface area (TPSA) is 146 Å². The molecule has 0 radical (unpaired) electrons. The molecule has 4 aromatic rings. The fourth-order valence-corrected chi connectivity index (χ4v) is 6.97. The number of thioether (sulfide) groups is 1. The number of hydrogen-bond acceptors (Lipinski definition) is 8. The van der Waals surface area contributed by atoms with E-state index in [1.54, 1.807) is 17.2 Å². The molecule has 1 aliphatic rings. The molecule has 52 heavy (non-hydrogen) atoms. The second-order valence-corrected chi connectivity index (χ2v) is 14.0. The summed E-state index contributed by atoms with van der Waals surface area (Å²) in [7, 11) is 0. The van der Waals surface area contributed by atoms with Crippen LogP contribution in [0.3, 0.4) is 0 Å². The van der Waals surface area contributed by atoms with Gasteiger partial charge in [-0.25, -0.2) is 5.48 Å². The van der Waals surface area contributed by atoms with Crippen LogP contribution in [0.15, 0.2) is 102 Å². The van der Waals surface area contributed by atoms with E-state index in [-0.39, 0.29) is 43.0 Å². The Morgan fingerprint density at radius 3 is 2.15 bits per heavy atom. The second kappa shape index (κ2) is 19.9. The molecule has 0 saturated carbocycles. The van der Waals surface area contributed by atoms with Crippen molar-refractivity contribution in [2.24, 2.45) is 0 Å². The molecular weight excluding hydrogens is 679 g/mol. The van der Waals surface area contributed by atoms with E-state index < -0.39 is 6.29 Å². The van der Waals surface area contributed by atoms with E-state index in [1.165, 1.54) is 6.92 Å². The Hall–Kier alpha value is -4.52. The smallest absolute Gasteiger partial charge is 0.243 e. The van der Waals surface area contributed by atoms with Crippen molar-refractivity contribution in [3.05, 3.63) is 119 Å². The Morgan fingerprint density at radius 2 is 1.46 bits per heavy atom. The number of ether oxygens (including phenoxy) is 2. The molecule has 5 rings (SSSR count). The summed E-state index contributed by atoms with van der Waals surface area (Å²) in [6, 6.07) is 31.9. The molecule has 1 fully saturated rings. The molecule has 0 aromatic heterocycles. The third-order valence-corrected chi connectivity index (χ3v) is 9.96. The number of anilines is 1. The highest BCUT2D eigenvalue weighted by molar-refractivity contribution is 7.99. The zero-order valence-electron chi connectivity index (χ0n) is 29.4. The van der Waals surface area contributed by atoms with Crippen LogP contribution in [0.5, 0.6) is 0 Å². The highest BCUT2D eigenvalue weighted by Gasteiger charge is 2.32. The van der Waals surface area contributed by atoms with Gasteiger partial charge in [0.1, 0.15) is 0 Å². The average Bonchev–Trinajstić information content (AvgIpc) is 3.18. The maximum atomic E-state index is 12.5. The number of carbonyl (C=O) groups excluding carboxylic acids is 3. The lowest BCUT2D eigenvalue weighted by atomic mass is 9.99. The lowest BCUT2D eigenvalue weighted by Crippen LogP contribution is -2.31. The number of amides is 3. The predicted molar refractivity (Wildman–Crippen MR) is 201 cm³/mol. The summed E-state index contributed by atoms with van der Waals surface area (Å²) in [5.41, 5.74) is 8.18. The number of carbonyl (C=O) groups is 3.